The van der Waals surface area contributed by atoms with Crippen molar-refractivity contribution in [2.45, 2.75) is 6.92 Å². The SMILES string of the molecule is Cc1ncc(OS(C)(=O)=O)c(N)n1. The molecule has 0 aliphatic rings. The zero-order chi connectivity index (χ0) is 10.1. The molecule has 0 fully saturated rings. The van der Waals surface area contributed by atoms with Crippen molar-refractivity contribution < 1.29 is 12.6 Å². The van der Waals surface area contributed by atoms with Crippen LogP contribution < -0.4 is 9.92 Å². The Labute approximate surface area is 75.9 Å². The average Bonchev–Trinajstić information content (AvgIpc) is 1.93. The molecule has 72 valence electrons. The molecular formula is C6H9N3O3S. The highest BCUT2D eigenvalue weighted by Gasteiger charge is 2.09. The molecule has 0 spiro atoms. The van der Waals surface area contributed by atoms with Gasteiger partial charge in [0.25, 0.3) is 0 Å². The van der Waals surface area contributed by atoms with Crippen LogP contribution in [0.4, 0.5) is 5.82 Å². The highest BCUT2D eigenvalue weighted by molar-refractivity contribution is 7.86. The lowest BCUT2D eigenvalue weighted by Gasteiger charge is -2.04. The summed E-state index contributed by atoms with van der Waals surface area (Å²) in [5.41, 5.74) is 5.39. The van der Waals surface area contributed by atoms with E-state index in [1.54, 1.807) is 6.92 Å². The Bertz CT molecular complexity index is 415. The molecule has 1 rings (SSSR count). The van der Waals surface area contributed by atoms with Crippen molar-refractivity contribution in [1.82, 2.24) is 9.97 Å². The van der Waals surface area contributed by atoms with Gasteiger partial charge in [0.15, 0.2) is 5.82 Å². The molecule has 0 saturated carbocycles. The van der Waals surface area contributed by atoms with E-state index in [4.69, 9.17) is 5.73 Å². The van der Waals surface area contributed by atoms with Gasteiger partial charge in [-0.05, 0) is 6.92 Å². The maximum absolute atomic E-state index is 10.7. The molecule has 1 heterocycles. The summed E-state index contributed by atoms with van der Waals surface area (Å²) in [6, 6.07) is 0. The van der Waals surface area contributed by atoms with E-state index in [0.29, 0.717) is 5.82 Å². The molecule has 6 nitrogen and oxygen atoms in total. The van der Waals surface area contributed by atoms with Gasteiger partial charge in [0.05, 0.1) is 12.5 Å². The van der Waals surface area contributed by atoms with Gasteiger partial charge in [-0.15, -0.1) is 0 Å². The quantitative estimate of drug-likeness (QED) is 0.663. The van der Waals surface area contributed by atoms with Crippen molar-refractivity contribution in [2.75, 3.05) is 12.0 Å². The molecule has 0 saturated heterocycles. The minimum Gasteiger partial charge on any atom is -0.380 e. The van der Waals surface area contributed by atoms with Gasteiger partial charge < -0.3 is 9.92 Å². The molecule has 0 aromatic carbocycles. The zero-order valence-electron chi connectivity index (χ0n) is 7.18. The second-order valence-corrected chi connectivity index (χ2v) is 4.03. The summed E-state index contributed by atoms with van der Waals surface area (Å²) in [5, 5.41) is 0. The van der Waals surface area contributed by atoms with Crippen molar-refractivity contribution >= 4 is 15.9 Å². The normalized spacial score (nSPS) is 11.2. The van der Waals surface area contributed by atoms with Gasteiger partial charge in [0.1, 0.15) is 5.82 Å². The van der Waals surface area contributed by atoms with Crippen LogP contribution in [0.1, 0.15) is 5.82 Å². The predicted molar refractivity (Wildman–Crippen MR) is 46.7 cm³/mol. The molecule has 0 atom stereocenters. The van der Waals surface area contributed by atoms with Gasteiger partial charge in [0, 0.05) is 0 Å². The van der Waals surface area contributed by atoms with Crippen LogP contribution >= 0.6 is 0 Å². The number of hydrogen-bond acceptors (Lipinski definition) is 6. The first-order valence-corrected chi connectivity index (χ1v) is 5.19. The number of aryl methyl sites for hydroxylation is 1. The van der Waals surface area contributed by atoms with Gasteiger partial charge >= 0.3 is 10.1 Å². The molecule has 0 unspecified atom stereocenters. The fourth-order valence-electron chi connectivity index (χ4n) is 0.704. The van der Waals surface area contributed by atoms with E-state index < -0.39 is 10.1 Å². The van der Waals surface area contributed by atoms with Crippen molar-refractivity contribution in [3.63, 3.8) is 0 Å². The third kappa shape index (κ3) is 2.86. The molecule has 0 aliphatic heterocycles. The summed E-state index contributed by atoms with van der Waals surface area (Å²) >= 11 is 0. The van der Waals surface area contributed by atoms with E-state index >= 15 is 0 Å². The van der Waals surface area contributed by atoms with E-state index in [-0.39, 0.29) is 11.6 Å². The first-order chi connectivity index (χ1) is 5.88. The Hall–Kier alpha value is -1.37. The van der Waals surface area contributed by atoms with Crippen LogP contribution in [0.2, 0.25) is 0 Å². The Morgan fingerprint density at radius 3 is 2.62 bits per heavy atom. The monoisotopic (exact) mass is 203 g/mol. The van der Waals surface area contributed by atoms with Crippen molar-refractivity contribution in [3.05, 3.63) is 12.0 Å². The Balaban J connectivity index is 3.04. The fourth-order valence-corrected chi connectivity index (χ4v) is 1.16. The Kier molecular flexibility index (Phi) is 2.37. The van der Waals surface area contributed by atoms with E-state index in [1.165, 1.54) is 6.20 Å². The van der Waals surface area contributed by atoms with Crippen LogP contribution in [0.25, 0.3) is 0 Å². The number of rotatable bonds is 2. The zero-order valence-corrected chi connectivity index (χ0v) is 8.00. The molecule has 0 radical (unpaired) electrons. The number of nitrogens with zero attached hydrogens (tertiary/aromatic N) is 2. The molecule has 2 N–H and O–H groups in total. The number of aromatic nitrogens is 2. The van der Waals surface area contributed by atoms with Crippen LogP contribution in [0.5, 0.6) is 5.75 Å². The molecule has 0 amide bonds. The lowest BCUT2D eigenvalue weighted by Crippen LogP contribution is -2.09. The van der Waals surface area contributed by atoms with Crippen molar-refractivity contribution in [2.24, 2.45) is 0 Å². The summed E-state index contributed by atoms with van der Waals surface area (Å²) < 4.78 is 25.9. The minimum absolute atomic E-state index is 0.0120. The largest absolute Gasteiger partial charge is 0.380 e. The van der Waals surface area contributed by atoms with Gasteiger partial charge in [-0.1, -0.05) is 0 Å². The van der Waals surface area contributed by atoms with Gasteiger partial charge in [-0.25, -0.2) is 9.97 Å². The number of nitrogens with two attached hydrogens (primary N) is 1. The van der Waals surface area contributed by atoms with Crippen molar-refractivity contribution in [1.29, 1.82) is 0 Å². The van der Waals surface area contributed by atoms with Gasteiger partial charge in [-0.3, -0.25) is 0 Å². The molecule has 7 heteroatoms. The van der Waals surface area contributed by atoms with Crippen molar-refractivity contribution in [3.8, 4) is 5.75 Å². The van der Waals surface area contributed by atoms with E-state index in [0.717, 1.165) is 6.26 Å². The Morgan fingerprint density at radius 2 is 2.15 bits per heavy atom. The third-order valence-electron chi connectivity index (χ3n) is 1.14. The van der Waals surface area contributed by atoms with Gasteiger partial charge in [-0.2, -0.15) is 8.42 Å². The second kappa shape index (κ2) is 3.17. The van der Waals surface area contributed by atoms with E-state index in [1.807, 2.05) is 0 Å². The fraction of sp³-hybridized carbons (Fsp3) is 0.333. The number of anilines is 1. The lowest BCUT2D eigenvalue weighted by atomic mass is 10.5. The molecule has 1 aromatic heterocycles. The second-order valence-electron chi connectivity index (χ2n) is 2.45. The molecule has 13 heavy (non-hydrogen) atoms. The number of nitrogen functional groups attached to an aromatic ring is 1. The first-order valence-electron chi connectivity index (χ1n) is 3.37. The van der Waals surface area contributed by atoms with Crippen LogP contribution in [-0.4, -0.2) is 24.6 Å². The van der Waals surface area contributed by atoms with Crippen LogP contribution in [0.15, 0.2) is 6.20 Å². The van der Waals surface area contributed by atoms with Crippen LogP contribution in [0.3, 0.4) is 0 Å². The Morgan fingerprint density at radius 1 is 1.54 bits per heavy atom. The minimum atomic E-state index is -3.57. The lowest BCUT2D eigenvalue weighted by molar-refractivity contribution is 0.491. The first kappa shape index (κ1) is 9.72. The molecule has 0 aliphatic carbocycles. The van der Waals surface area contributed by atoms with Crippen LogP contribution in [-0.2, 0) is 10.1 Å². The summed E-state index contributed by atoms with van der Waals surface area (Å²) in [6.07, 6.45) is 2.14. The standard InChI is InChI=1S/C6H9N3O3S/c1-4-8-3-5(6(7)9-4)12-13(2,10)11/h3H,1-2H3,(H2,7,8,9). The van der Waals surface area contributed by atoms with E-state index in [9.17, 15) is 8.42 Å². The third-order valence-corrected chi connectivity index (χ3v) is 1.63. The molecular weight excluding hydrogens is 194 g/mol. The summed E-state index contributed by atoms with van der Waals surface area (Å²) in [7, 11) is -3.57. The highest BCUT2D eigenvalue weighted by Crippen LogP contribution is 2.18. The number of hydrogen-bond donors (Lipinski definition) is 1. The summed E-state index contributed by atoms with van der Waals surface area (Å²) in [6.45, 7) is 1.64. The molecule has 1 aromatic rings. The van der Waals surface area contributed by atoms with Gasteiger partial charge in [0.2, 0.25) is 5.75 Å². The maximum Gasteiger partial charge on any atom is 0.306 e. The smallest absolute Gasteiger partial charge is 0.306 e. The predicted octanol–water partition coefficient (Wildman–Crippen LogP) is -0.294. The topological polar surface area (TPSA) is 95.2 Å². The summed E-state index contributed by atoms with van der Waals surface area (Å²) in [5.74, 6) is 0.421. The highest BCUT2D eigenvalue weighted by atomic mass is 32.2. The molecule has 0 bridgehead atoms. The summed E-state index contributed by atoms with van der Waals surface area (Å²) in [4.78, 5) is 7.48. The van der Waals surface area contributed by atoms with Crippen LogP contribution in [0, 0.1) is 6.92 Å². The maximum atomic E-state index is 10.7. The van der Waals surface area contributed by atoms with E-state index in [2.05, 4.69) is 14.2 Å². The average molecular weight is 203 g/mol.